The van der Waals surface area contributed by atoms with Crippen LogP contribution in [0.15, 0.2) is 59.7 Å². The second-order valence-corrected chi connectivity index (χ2v) is 7.77. The van der Waals surface area contributed by atoms with Crippen LogP contribution in [-0.4, -0.2) is 32.8 Å². The number of aromatic nitrogens is 2. The molecule has 0 atom stereocenters. The molecule has 0 bridgehead atoms. The molecule has 31 heavy (non-hydrogen) atoms. The van der Waals surface area contributed by atoms with Crippen LogP contribution >= 0.6 is 0 Å². The first-order chi connectivity index (χ1) is 14.9. The molecule has 1 aliphatic heterocycles. The van der Waals surface area contributed by atoms with E-state index in [0.717, 1.165) is 16.8 Å². The number of hydrogen-bond donors (Lipinski definition) is 1. The molecule has 7 nitrogen and oxygen atoms in total. The Morgan fingerprint density at radius 3 is 2.65 bits per heavy atom. The van der Waals surface area contributed by atoms with E-state index in [0.29, 0.717) is 43.6 Å². The Kier molecular flexibility index (Phi) is 5.66. The van der Waals surface area contributed by atoms with Crippen molar-refractivity contribution in [2.24, 2.45) is 5.73 Å². The second-order valence-electron chi connectivity index (χ2n) is 7.77. The highest BCUT2D eigenvalue weighted by atomic mass is 16.2. The Morgan fingerprint density at radius 1 is 1.16 bits per heavy atom. The highest BCUT2D eigenvalue weighted by Gasteiger charge is 2.27. The van der Waals surface area contributed by atoms with Gasteiger partial charge in [-0.15, -0.1) is 0 Å². The summed E-state index contributed by atoms with van der Waals surface area (Å²) in [5, 5.41) is 0. The van der Waals surface area contributed by atoms with Crippen molar-refractivity contribution >= 4 is 11.8 Å². The molecule has 0 saturated heterocycles. The maximum absolute atomic E-state index is 13.0. The lowest BCUT2D eigenvalue weighted by molar-refractivity contribution is 0.0733. The first-order valence-electron chi connectivity index (χ1n) is 10.2. The smallest absolute Gasteiger partial charge is 0.263 e. The number of rotatable bonds is 5. The van der Waals surface area contributed by atoms with Gasteiger partial charge in [0.1, 0.15) is 5.56 Å². The number of aryl methyl sites for hydroxylation is 3. The summed E-state index contributed by atoms with van der Waals surface area (Å²) in [4.78, 5) is 43.9. The fourth-order valence-corrected chi connectivity index (χ4v) is 4.06. The quantitative estimate of drug-likeness (QED) is 0.689. The maximum Gasteiger partial charge on any atom is 0.263 e. The molecule has 2 N–H and O–H groups in total. The van der Waals surface area contributed by atoms with Crippen molar-refractivity contribution in [3.8, 4) is 0 Å². The minimum atomic E-state index is -0.722. The zero-order valence-electron chi connectivity index (χ0n) is 17.4. The third kappa shape index (κ3) is 4.26. The summed E-state index contributed by atoms with van der Waals surface area (Å²) >= 11 is 0. The summed E-state index contributed by atoms with van der Waals surface area (Å²) < 4.78 is 1.54. The number of nitrogens with zero attached hydrogens (tertiary/aromatic N) is 3. The van der Waals surface area contributed by atoms with E-state index in [4.69, 9.17) is 5.73 Å². The van der Waals surface area contributed by atoms with Gasteiger partial charge in [-0.1, -0.05) is 30.3 Å². The predicted molar refractivity (Wildman–Crippen MR) is 117 cm³/mol. The molecule has 0 saturated carbocycles. The first-order valence-corrected chi connectivity index (χ1v) is 10.2. The normalized spacial score (nSPS) is 13.0. The van der Waals surface area contributed by atoms with Gasteiger partial charge >= 0.3 is 0 Å². The number of amides is 2. The molecule has 0 radical (unpaired) electrons. The van der Waals surface area contributed by atoms with Gasteiger partial charge in [0.25, 0.3) is 17.4 Å². The lowest BCUT2D eigenvalue weighted by Crippen LogP contribution is -2.40. The Balaban J connectivity index is 1.65. The van der Waals surface area contributed by atoms with Gasteiger partial charge in [-0.05, 0) is 48.6 Å². The van der Waals surface area contributed by atoms with Gasteiger partial charge in [-0.3, -0.25) is 19.4 Å². The SMILES string of the molecule is Cc1cc(C(=O)N2CCc3c(cn(CCc4ccccc4)c(=O)c3C(N)=O)C2)ccn1. The van der Waals surface area contributed by atoms with Crippen LogP contribution in [0.1, 0.15) is 43.1 Å². The third-order valence-corrected chi connectivity index (χ3v) is 5.63. The molecule has 3 aromatic rings. The van der Waals surface area contributed by atoms with Gasteiger partial charge < -0.3 is 15.2 Å². The van der Waals surface area contributed by atoms with Gasteiger partial charge in [0.05, 0.1) is 0 Å². The standard InChI is InChI=1S/C24H24N4O3/c1-16-13-18(7-10-26-16)23(30)27-12-9-20-19(14-27)15-28(24(31)21(20)22(25)29)11-8-17-5-3-2-4-6-17/h2-7,10,13,15H,8-9,11-12,14H2,1H3,(H2,25,29). The van der Waals surface area contributed by atoms with Crippen molar-refractivity contribution in [2.75, 3.05) is 6.54 Å². The second kappa shape index (κ2) is 8.55. The molecule has 0 unspecified atom stereocenters. The minimum Gasteiger partial charge on any atom is -0.365 e. The van der Waals surface area contributed by atoms with Gasteiger partial charge in [-0.25, -0.2) is 0 Å². The summed E-state index contributed by atoms with van der Waals surface area (Å²) in [5.74, 6) is -0.821. The van der Waals surface area contributed by atoms with Crippen LogP contribution in [0.3, 0.4) is 0 Å². The largest absolute Gasteiger partial charge is 0.365 e. The monoisotopic (exact) mass is 416 g/mol. The highest BCUT2D eigenvalue weighted by molar-refractivity contribution is 5.96. The van der Waals surface area contributed by atoms with Gasteiger partial charge in [0.2, 0.25) is 0 Å². The van der Waals surface area contributed by atoms with Gasteiger partial charge in [-0.2, -0.15) is 0 Å². The van der Waals surface area contributed by atoms with Crippen LogP contribution in [0.2, 0.25) is 0 Å². The Labute approximate surface area is 180 Å². The highest BCUT2D eigenvalue weighted by Crippen LogP contribution is 2.22. The molecule has 3 heterocycles. The van der Waals surface area contributed by atoms with Crippen LogP contribution in [0, 0.1) is 6.92 Å². The number of carbonyl (C=O) groups excluding carboxylic acids is 2. The maximum atomic E-state index is 13.0. The van der Waals surface area contributed by atoms with E-state index in [1.807, 2.05) is 37.3 Å². The summed E-state index contributed by atoms with van der Waals surface area (Å²) in [5.41, 5.74) is 9.13. The topological polar surface area (TPSA) is 98.3 Å². The number of fused-ring (bicyclic) bond motifs is 1. The van der Waals surface area contributed by atoms with E-state index in [1.54, 1.807) is 29.4 Å². The number of pyridine rings is 2. The molecule has 1 aliphatic rings. The summed E-state index contributed by atoms with van der Waals surface area (Å²) in [7, 11) is 0. The average Bonchev–Trinajstić information content (AvgIpc) is 2.77. The van der Waals surface area contributed by atoms with Crippen molar-refractivity contribution in [1.82, 2.24) is 14.5 Å². The van der Waals surface area contributed by atoms with E-state index in [-0.39, 0.29) is 17.0 Å². The Morgan fingerprint density at radius 2 is 1.94 bits per heavy atom. The summed E-state index contributed by atoms with van der Waals surface area (Å²) in [6.45, 7) is 3.00. The lowest BCUT2D eigenvalue weighted by Gasteiger charge is -2.30. The predicted octanol–water partition coefficient (Wildman–Crippen LogP) is 2.09. The molecule has 4 rings (SSSR count). The van der Waals surface area contributed by atoms with Crippen LogP contribution in [-0.2, 0) is 25.9 Å². The molecule has 0 spiro atoms. The molecule has 7 heteroatoms. The molecule has 1 aromatic carbocycles. The summed E-state index contributed by atoms with van der Waals surface area (Å²) in [6, 6.07) is 13.3. The molecule has 2 amide bonds. The fraction of sp³-hybridized carbons (Fsp3) is 0.250. The number of hydrogen-bond acceptors (Lipinski definition) is 4. The van der Waals surface area contributed by atoms with Crippen molar-refractivity contribution < 1.29 is 9.59 Å². The van der Waals surface area contributed by atoms with E-state index in [9.17, 15) is 14.4 Å². The minimum absolute atomic E-state index is 0.0393. The van der Waals surface area contributed by atoms with E-state index < -0.39 is 5.91 Å². The first kappa shape index (κ1) is 20.5. The van der Waals surface area contributed by atoms with Crippen molar-refractivity contribution in [3.05, 3.63) is 98.7 Å². The van der Waals surface area contributed by atoms with E-state index in [1.165, 1.54) is 4.57 Å². The van der Waals surface area contributed by atoms with Crippen LogP contribution in [0.5, 0.6) is 0 Å². The zero-order valence-corrected chi connectivity index (χ0v) is 17.4. The van der Waals surface area contributed by atoms with E-state index >= 15 is 0 Å². The van der Waals surface area contributed by atoms with Crippen LogP contribution in [0.4, 0.5) is 0 Å². The number of nitrogens with two attached hydrogens (primary N) is 1. The lowest BCUT2D eigenvalue weighted by atomic mass is 9.95. The summed E-state index contributed by atoms with van der Waals surface area (Å²) in [6.07, 6.45) is 4.45. The van der Waals surface area contributed by atoms with Crippen molar-refractivity contribution in [1.29, 1.82) is 0 Å². The molecule has 0 aliphatic carbocycles. The number of primary amides is 1. The molecule has 0 fully saturated rings. The third-order valence-electron chi connectivity index (χ3n) is 5.63. The van der Waals surface area contributed by atoms with Gasteiger partial charge in [0, 0.05) is 43.3 Å². The molecule has 2 aromatic heterocycles. The molecule has 158 valence electrons. The Hall–Kier alpha value is -3.74. The number of carbonyl (C=O) groups is 2. The number of benzene rings is 1. The van der Waals surface area contributed by atoms with Gasteiger partial charge in [0.15, 0.2) is 0 Å². The van der Waals surface area contributed by atoms with Crippen LogP contribution < -0.4 is 11.3 Å². The van der Waals surface area contributed by atoms with E-state index in [2.05, 4.69) is 4.98 Å². The van der Waals surface area contributed by atoms with Crippen molar-refractivity contribution in [2.45, 2.75) is 32.9 Å². The van der Waals surface area contributed by atoms with Crippen molar-refractivity contribution in [3.63, 3.8) is 0 Å². The molecular weight excluding hydrogens is 392 g/mol. The Bertz CT molecular complexity index is 1200. The zero-order chi connectivity index (χ0) is 22.0. The molecular formula is C24H24N4O3. The fourth-order valence-electron chi connectivity index (χ4n) is 4.06. The van der Waals surface area contributed by atoms with Crippen LogP contribution in [0.25, 0.3) is 0 Å². The average molecular weight is 416 g/mol.